The predicted molar refractivity (Wildman–Crippen MR) is 102 cm³/mol. The molecule has 140 valence electrons. The third kappa shape index (κ3) is 6.75. The molecule has 0 saturated carbocycles. The summed E-state index contributed by atoms with van der Waals surface area (Å²) in [5.41, 5.74) is 1.26. The highest BCUT2D eigenvalue weighted by Crippen LogP contribution is 2.26. The van der Waals surface area contributed by atoms with E-state index in [1.54, 1.807) is 0 Å². The van der Waals surface area contributed by atoms with Gasteiger partial charge in [-0.3, -0.25) is 14.7 Å². The highest BCUT2D eigenvalue weighted by molar-refractivity contribution is 5.75. The van der Waals surface area contributed by atoms with E-state index >= 15 is 0 Å². The Hall–Kier alpha value is -1.46. The van der Waals surface area contributed by atoms with Crippen molar-refractivity contribution in [2.24, 2.45) is 11.8 Å². The van der Waals surface area contributed by atoms with Crippen LogP contribution in [0, 0.1) is 11.8 Å². The van der Waals surface area contributed by atoms with Crippen molar-refractivity contribution in [1.82, 2.24) is 20.1 Å². The molecular formula is C20H34N4O. The molecule has 1 fully saturated rings. The molecule has 5 heteroatoms. The first-order valence-corrected chi connectivity index (χ1v) is 9.50. The number of nitrogens with zero attached hydrogens (tertiary/aromatic N) is 3. The largest absolute Gasteiger partial charge is 0.356 e. The summed E-state index contributed by atoms with van der Waals surface area (Å²) in [4.78, 5) is 21.2. The normalized spacial score (nSPS) is 21.7. The molecule has 1 N–H and O–H groups in total. The van der Waals surface area contributed by atoms with Gasteiger partial charge in [-0.2, -0.15) is 0 Å². The van der Waals surface area contributed by atoms with Crippen molar-refractivity contribution in [2.45, 2.75) is 45.7 Å². The summed E-state index contributed by atoms with van der Waals surface area (Å²) in [5.74, 6) is 1.23. The van der Waals surface area contributed by atoms with E-state index in [2.05, 4.69) is 54.1 Å². The molecule has 2 heterocycles. The maximum Gasteiger partial charge on any atom is 0.220 e. The predicted octanol–water partition coefficient (Wildman–Crippen LogP) is 2.39. The van der Waals surface area contributed by atoms with Crippen molar-refractivity contribution in [3.63, 3.8) is 0 Å². The Kier molecular flexibility index (Phi) is 7.85. The van der Waals surface area contributed by atoms with Gasteiger partial charge in [-0.05, 0) is 56.9 Å². The van der Waals surface area contributed by atoms with E-state index in [9.17, 15) is 4.79 Å². The van der Waals surface area contributed by atoms with Gasteiger partial charge in [-0.15, -0.1) is 0 Å². The topological polar surface area (TPSA) is 48.5 Å². The first kappa shape index (κ1) is 19.9. The number of pyridine rings is 1. The summed E-state index contributed by atoms with van der Waals surface area (Å²) in [6.45, 7) is 8.13. The fourth-order valence-corrected chi connectivity index (χ4v) is 3.67. The fourth-order valence-electron chi connectivity index (χ4n) is 3.67. The number of carbonyl (C=O) groups is 1. The number of hydrogen-bond acceptors (Lipinski definition) is 4. The van der Waals surface area contributed by atoms with Crippen LogP contribution in [0.25, 0.3) is 0 Å². The second kappa shape index (κ2) is 9.88. The minimum atomic E-state index is 0.190. The molecule has 0 spiro atoms. The van der Waals surface area contributed by atoms with E-state index in [0.29, 0.717) is 24.3 Å². The van der Waals surface area contributed by atoms with Gasteiger partial charge in [0.1, 0.15) is 0 Å². The van der Waals surface area contributed by atoms with Crippen LogP contribution in [0.2, 0.25) is 0 Å². The zero-order valence-corrected chi connectivity index (χ0v) is 16.2. The second-order valence-corrected chi connectivity index (χ2v) is 7.91. The fraction of sp³-hybridized carbons (Fsp3) is 0.700. The number of carbonyl (C=O) groups excluding carboxylic acids is 1. The Bertz CT molecular complexity index is 518. The maximum atomic E-state index is 12.1. The lowest BCUT2D eigenvalue weighted by atomic mass is 9.87. The van der Waals surface area contributed by atoms with E-state index in [1.165, 1.54) is 5.56 Å². The lowest BCUT2D eigenvalue weighted by Crippen LogP contribution is -2.48. The molecule has 0 aromatic carbocycles. The highest BCUT2D eigenvalue weighted by Gasteiger charge is 2.30. The molecule has 1 aromatic heterocycles. The van der Waals surface area contributed by atoms with Gasteiger partial charge in [-0.1, -0.05) is 19.9 Å². The number of hydrogen-bond donors (Lipinski definition) is 1. The van der Waals surface area contributed by atoms with Gasteiger partial charge in [0.05, 0.1) is 0 Å². The summed E-state index contributed by atoms with van der Waals surface area (Å²) >= 11 is 0. The summed E-state index contributed by atoms with van der Waals surface area (Å²) in [6.07, 6.45) is 6.51. The monoisotopic (exact) mass is 346 g/mol. The Balaban J connectivity index is 1.88. The summed E-state index contributed by atoms with van der Waals surface area (Å²) in [7, 11) is 4.32. The Morgan fingerprint density at radius 1 is 1.44 bits per heavy atom. The molecular weight excluding hydrogens is 312 g/mol. The van der Waals surface area contributed by atoms with Gasteiger partial charge in [0.2, 0.25) is 5.91 Å². The molecule has 1 amide bonds. The number of rotatable bonds is 8. The van der Waals surface area contributed by atoms with Crippen LogP contribution in [0.3, 0.4) is 0 Å². The number of piperidine rings is 1. The minimum Gasteiger partial charge on any atom is -0.356 e. The van der Waals surface area contributed by atoms with Gasteiger partial charge in [0.15, 0.2) is 0 Å². The first-order chi connectivity index (χ1) is 12.0. The van der Waals surface area contributed by atoms with Crippen LogP contribution >= 0.6 is 0 Å². The lowest BCUT2D eigenvalue weighted by Gasteiger charge is -2.41. The molecule has 1 saturated heterocycles. The minimum absolute atomic E-state index is 0.190. The lowest BCUT2D eigenvalue weighted by molar-refractivity contribution is -0.121. The maximum absolute atomic E-state index is 12.1. The Morgan fingerprint density at radius 3 is 2.88 bits per heavy atom. The van der Waals surface area contributed by atoms with Crippen LogP contribution in [0.4, 0.5) is 0 Å². The van der Waals surface area contributed by atoms with Gasteiger partial charge in [0.25, 0.3) is 0 Å². The second-order valence-electron chi connectivity index (χ2n) is 7.91. The van der Waals surface area contributed by atoms with Gasteiger partial charge in [0, 0.05) is 44.5 Å². The van der Waals surface area contributed by atoms with Crippen LogP contribution in [-0.4, -0.2) is 60.5 Å². The number of likely N-dealkylation sites (tertiary alicyclic amines) is 1. The van der Waals surface area contributed by atoms with Gasteiger partial charge < -0.3 is 10.2 Å². The average molecular weight is 347 g/mol. The average Bonchev–Trinajstić information content (AvgIpc) is 2.59. The Labute approximate surface area is 152 Å². The SMILES string of the molecule is CC(C)CNC(=O)CC[C@H]1CN(Cc2cccnc2)CC[C@H]1N(C)C. The third-order valence-electron chi connectivity index (χ3n) is 5.02. The van der Waals surface area contributed by atoms with Crippen LogP contribution in [0.15, 0.2) is 24.5 Å². The molecule has 1 aliphatic heterocycles. The standard InChI is InChI=1S/C20H34N4O/c1-16(2)12-22-20(25)8-7-18-15-24(11-9-19(18)23(3)4)14-17-6-5-10-21-13-17/h5-6,10,13,16,18-19H,7-9,11-12,14-15H2,1-4H3,(H,22,25)/t18-,19+/m0/s1. The molecule has 0 unspecified atom stereocenters. The summed E-state index contributed by atoms with van der Waals surface area (Å²) in [5, 5.41) is 3.04. The molecule has 0 aliphatic carbocycles. The smallest absolute Gasteiger partial charge is 0.220 e. The molecule has 25 heavy (non-hydrogen) atoms. The molecule has 1 aromatic rings. The van der Waals surface area contributed by atoms with Crippen LogP contribution < -0.4 is 5.32 Å². The molecule has 2 atom stereocenters. The number of nitrogens with one attached hydrogen (secondary N) is 1. The molecule has 1 aliphatic rings. The van der Waals surface area contributed by atoms with Crippen molar-refractivity contribution in [3.05, 3.63) is 30.1 Å². The molecule has 0 bridgehead atoms. The molecule has 0 radical (unpaired) electrons. The van der Waals surface area contributed by atoms with E-state index in [4.69, 9.17) is 0 Å². The number of amides is 1. The van der Waals surface area contributed by atoms with Crippen LogP contribution in [0.1, 0.15) is 38.7 Å². The molecule has 5 nitrogen and oxygen atoms in total. The van der Waals surface area contributed by atoms with E-state index in [0.717, 1.165) is 39.0 Å². The van der Waals surface area contributed by atoms with Crippen molar-refractivity contribution in [3.8, 4) is 0 Å². The first-order valence-electron chi connectivity index (χ1n) is 9.50. The Morgan fingerprint density at radius 2 is 2.24 bits per heavy atom. The zero-order chi connectivity index (χ0) is 18.2. The highest BCUT2D eigenvalue weighted by atomic mass is 16.1. The van der Waals surface area contributed by atoms with Gasteiger partial charge in [-0.25, -0.2) is 0 Å². The van der Waals surface area contributed by atoms with Crippen molar-refractivity contribution in [2.75, 3.05) is 33.7 Å². The van der Waals surface area contributed by atoms with Crippen molar-refractivity contribution in [1.29, 1.82) is 0 Å². The van der Waals surface area contributed by atoms with Crippen LogP contribution in [0.5, 0.6) is 0 Å². The summed E-state index contributed by atoms with van der Waals surface area (Å²) in [6, 6.07) is 4.70. The third-order valence-corrected chi connectivity index (χ3v) is 5.02. The summed E-state index contributed by atoms with van der Waals surface area (Å²) < 4.78 is 0. The van der Waals surface area contributed by atoms with E-state index < -0.39 is 0 Å². The zero-order valence-electron chi connectivity index (χ0n) is 16.2. The number of aromatic nitrogens is 1. The van der Waals surface area contributed by atoms with Gasteiger partial charge >= 0.3 is 0 Å². The quantitative estimate of drug-likeness (QED) is 0.785. The van der Waals surface area contributed by atoms with Crippen molar-refractivity contribution < 1.29 is 4.79 Å². The van der Waals surface area contributed by atoms with Crippen molar-refractivity contribution >= 4 is 5.91 Å². The van der Waals surface area contributed by atoms with Crippen LogP contribution in [-0.2, 0) is 11.3 Å². The van der Waals surface area contributed by atoms with E-state index in [1.807, 2.05) is 18.5 Å². The van der Waals surface area contributed by atoms with E-state index in [-0.39, 0.29) is 5.91 Å². The molecule has 2 rings (SSSR count).